The molecule has 0 aromatic heterocycles. The second-order valence-corrected chi connectivity index (χ2v) is 5.20. The zero-order valence-corrected chi connectivity index (χ0v) is 8.54. The Morgan fingerprint density at radius 2 is 1.85 bits per heavy atom. The summed E-state index contributed by atoms with van der Waals surface area (Å²) < 4.78 is 0. The first-order chi connectivity index (χ1) is 6.29. The van der Waals surface area contributed by atoms with Gasteiger partial charge in [0.25, 0.3) is 0 Å². The molecule has 0 atom stereocenters. The molecule has 0 aromatic rings. The number of carboxylic acids is 1. The predicted molar refractivity (Wildman–Crippen MR) is 58.2 cm³/mol. The first-order valence-electron chi connectivity index (χ1n) is 4.61. The van der Waals surface area contributed by atoms with E-state index in [0.29, 0.717) is 6.42 Å². The van der Waals surface area contributed by atoms with Crippen LogP contribution < -0.4 is 0 Å². The van der Waals surface area contributed by atoms with E-state index in [1.807, 2.05) is 0 Å². The van der Waals surface area contributed by atoms with Crippen LogP contribution in [0.1, 0.15) is 25.7 Å². The van der Waals surface area contributed by atoms with Gasteiger partial charge >= 0.3 is 5.97 Å². The summed E-state index contributed by atoms with van der Waals surface area (Å²) in [5, 5.41) is 12.9. The molecule has 1 aliphatic heterocycles. The quantitative estimate of drug-likeness (QED) is 0.511. The van der Waals surface area contributed by atoms with Crippen LogP contribution in [0.15, 0.2) is 23.0 Å². The van der Waals surface area contributed by atoms with Crippen molar-refractivity contribution >= 4 is 16.9 Å². The lowest BCUT2D eigenvalue weighted by atomic mass is 10.2. The van der Waals surface area contributed by atoms with Gasteiger partial charge in [0.2, 0.25) is 0 Å². The number of aliphatic carboxylic acids is 1. The monoisotopic (exact) mass is 200 g/mol. The van der Waals surface area contributed by atoms with Gasteiger partial charge in [-0.05, 0) is 29.4 Å². The van der Waals surface area contributed by atoms with Crippen molar-refractivity contribution in [2.75, 3.05) is 5.75 Å². The lowest BCUT2D eigenvalue weighted by Gasteiger charge is -2.08. The van der Waals surface area contributed by atoms with Gasteiger partial charge in [-0.1, -0.05) is 18.6 Å². The van der Waals surface area contributed by atoms with E-state index in [1.165, 1.54) is 5.75 Å². The Morgan fingerprint density at radius 1 is 1.15 bits per heavy atom. The van der Waals surface area contributed by atoms with Gasteiger partial charge in [-0.25, -0.2) is 10.9 Å². The van der Waals surface area contributed by atoms with Crippen LogP contribution in [0.4, 0.5) is 0 Å². The molecule has 3 heteroatoms. The van der Waals surface area contributed by atoms with Crippen LogP contribution in [0, 0.1) is 0 Å². The minimum atomic E-state index is -0.675. The van der Waals surface area contributed by atoms with Gasteiger partial charge in [-0.2, -0.15) is 0 Å². The smallest absolute Gasteiger partial charge is 0.303 e. The maximum absolute atomic E-state index is 10.2. The van der Waals surface area contributed by atoms with Crippen LogP contribution in [0.2, 0.25) is 0 Å². The van der Waals surface area contributed by atoms with Crippen molar-refractivity contribution in [1.29, 1.82) is 0 Å². The SMILES string of the molecule is O=C(O)CCCCC[SH]1C=CC=C1. The summed E-state index contributed by atoms with van der Waals surface area (Å²) in [6, 6.07) is 0. The molecule has 0 bridgehead atoms. The zero-order valence-electron chi connectivity index (χ0n) is 7.65. The van der Waals surface area contributed by atoms with Crippen molar-refractivity contribution in [3.8, 4) is 0 Å². The van der Waals surface area contributed by atoms with Gasteiger partial charge in [-0.3, -0.25) is 4.79 Å². The van der Waals surface area contributed by atoms with Gasteiger partial charge in [0, 0.05) is 6.42 Å². The molecule has 0 fully saturated rings. The van der Waals surface area contributed by atoms with Gasteiger partial charge in [0.1, 0.15) is 0 Å². The van der Waals surface area contributed by atoms with Crippen molar-refractivity contribution < 1.29 is 9.90 Å². The van der Waals surface area contributed by atoms with E-state index in [0.717, 1.165) is 19.3 Å². The number of carboxylic acid groups (broad SMARTS) is 1. The summed E-state index contributed by atoms with van der Waals surface area (Å²) in [5.41, 5.74) is 0. The van der Waals surface area contributed by atoms with Gasteiger partial charge < -0.3 is 5.11 Å². The molecule has 0 saturated heterocycles. The lowest BCUT2D eigenvalue weighted by Crippen LogP contribution is -1.94. The molecular formula is C10H16O2S. The fourth-order valence-electron chi connectivity index (χ4n) is 1.27. The summed E-state index contributed by atoms with van der Waals surface area (Å²) in [6.07, 6.45) is 7.56. The van der Waals surface area contributed by atoms with E-state index in [1.54, 1.807) is 0 Å². The topological polar surface area (TPSA) is 37.3 Å². The molecule has 1 rings (SSSR count). The van der Waals surface area contributed by atoms with E-state index in [9.17, 15) is 4.79 Å². The molecule has 74 valence electrons. The molecule has 13 heavy (non-hydrogen) atoms. The first-order valence-corrected chi connectivity index (χ1v) is 6.28. The van der Waals surface area contributed by atoms with Crippen molar-refractivity contribution in [3.05, 3.63) is 23.0 Å². The predicted octanol–water partition coefficient (Wildman–Crippen LogP) is 2.67. The normalized spacial score (nSPS) is 16.8. The maximum Gasteiger partial charge on any atom is 0.303 e. The number of carbonyl (C=O) groups is 1. The van der Waals surface area contributed by atoms with Gasteiger partial charge in [0.15, 0.2) is 0 Å². The molecule has 0 radical (unpaired) electrons. The number of allylic oxidation sites excluding steroid dienone is 2. The number of hydrogen-bond acceptors (Lipinski definition) is 1. The van der Waals surface area contributed by atoms with Crippen LogP contribution >= 0.6 is 10.9 Å². The molecule has 1 aliphatic rings. The highest BCUT2D eigenvalue weighted by Gasteiger charge is 2.00. The minimum absolute atomic E-state index is 0.0144. The molecule has 0 unspecified atom stereocenters. The third-order valence-electron chi connectivity index (χ3n) is 1.97. The van der Waals surface area contributed by atoms with Crippen molar-refractivity contribution in [2.24, 2.45) is 0 Å². The summed E-state index contributed by atoms with van der Waals surface area (Å²) >= 11 is 0. The number of unbranched alkanes of at least 4 members (excludes halogenated alkanes) is 2. The Kier molecular flexibility index (Phi) is 4.68. The zero-order chi connectivity index (χ0) is 9.52. The minimum Gasteiger partial charge on any atom is -0.481 e. The highest BCUT2D eigenvalue weighted by Crippen LogP contribution is 2.33. The van der Waals surface area contributed by atoms with E-state index < -0.39 is 5.97 Å². The third-order valence-corrected chi connectivity index (χ3v) is 3.92. The van der Waals surface area contributed by atoms with Crippen LogP contribution in [0.5, 0.6) is 0 Å². The average molecular weight is 200 g/mol. The van der Waals surface area contributed by atoms with Crippen molar-refractivity contribution in [1.82, 2.24) is 0 Å². The van der Waals surface area contributed by atoms with E-state index >= 15 is 0 Å². The standard InChI is InChI=1S/C10H16O2S/c11-10(12)6-2-1-3-7-13-8-4-5-9-13/h4-5,8-9,13H,1-3,6-7H2,(H,11,12). The highest BCUT2D eigenvalue weighted by molar-refractivity contribution is 8.22. The molecule has 0 saturated carbocycles. The maximum atomic E-state index is 10.2. The molecule has 0 aliphatic carbocycles. The highest BCUT2D eigenvalue weighted by atomic mass is 32.2. The van der Waals surface area contributed by atoms with Crippen LogP contribution in [-0.2, 0) is 4.79 Å². The number of hydrogen-bond donors (Lipinski definition) is 2. The van der Waals surface area contributed by atoms with E-state index in [-0.39, 0.29) is 10.9 Å². The molecule has 2 nitrogen and oxygen atoms in total. The Bertz CT molecular complexity index is 209. The summed E-state index contributed by atoms with van der Waals surface area (Å²) in [7, 11) is 0.0144. The summed E-state index contributed by atoms with van der Waals surface area (Å²) in [6.45, 7) is 0. The second kappa shape index (κ2) is 5.86. The lowest BCUT2D eigenvalue weighted by molar-refractivity contribution is -0.137. The van der Waals surface area contributed by atoms with E-state index in [2.05, 4.69) is 23.0 Å². The van der Waals surface area contributed by atoms with Crippen molar-refractivity contribution in [2.45, 2.75) is 25.7 Å². The fraction of sp³-hybridized carbons (Fsp3) is 0.500. The van der Waals surface area contributed by atoms with Crippen molar-refractivity contribution in [3.63, 3.8) is 0 Å². The average Bonchev–Trinajstić information content (AvgIpc) is 2.55. The van der Waals surface area contributed by atoms with Crippen LogP contribution in [-0.4, -0.2) is 16.8 Å². The molecule has 0 spiro atoms. The second-order valence-electron chi connectivity index (χ2n) is 3.13. The van der Waals surface area contributed by atoms with Gasteiger partial charge in [0.05, 0.1) is 0 Å². The third kappa shape index (κ3) is 4.78. The Morgan fingerprint density at radius 3 is 2.46 bits per heavy atom. The first kappa shape index (κ1) is 10.4. The van der Waals surface area contributed by atoms with Crippen LogP contribution in [0.25, 0.3) is 0 Å². The Hall–Kier alpha value is -0.700. The van der Waals surface area contributed by atoms with Gasteiger partial charge in [-0.15, -0.1) is 0 Å². The largest absolute Gasteiger partial charge is 0.481 e. The Balaban J connectivity index is 1.92. The molecular weight excluding hydrogens is 184 g/mol. The Labute approximate surface area is 81.7 Å². The molecule has 0 amide bonds. The molecule has 0 aromatic carbocycles. The molecule has 1 heterocycles. The molecule has 1 N–H and O–H groups in total. The van der Waals surface area contributed by atoms with Crippen LogP contribution in [0.3, 0.4) is 0 Å². The number of thiol groups is 1. The number of rotatable bonds is 6. The van der Waals surface area contributed by atoms with E-state index in [4.69, 9.17) is 5.11 Å². The summed E-state index contributed by atoms with van der Waals surface area (Å²) in [4.78, 5) is 10.2. The summed E-state index contributed by atoms with van der Waals surface area (Å²) in [5.74, 6) is 0.550. The fourth-order valence-corrected chi connectivity index (χ4v) is 2.89.